The Morgan fingerprint density at radius 1 is 1.50 bits per heavy atom. The van der Waals surface area contributed by atoms with Crippen molar-refractivity contribution in [1.29, 1.82) is 0 Å². The monoisotopic (exact) mass is 278 g/mol. The molecule has 0 spiro atoms. The minimum atomic E-state index is 0.237. The summed E-state index contributed by atoms with van der Waals surface area (Å²) in [5.74, 6) is 1.68. The molecule has 0 aliphatic heterocycles. The number of thioether (sulfide) groups is 1. The van der Waals surface area contributed by atoms with E-state index in [4.69, 9.17) is 28.9 Å². The standard InChI is InChI=1S/C11H16Cl2N2S/c1-3-8(14)5-16-6-9-10(12)4-7(2)15-11(9)13/h4,8H,3,5-6,14H2,1-2H3. The van der Waals surface area contributed by atoms with E-state index >= 15 is 0 Å². The first-order chi connectivity index (χ1) is 7.54. The Morgan fingerprint density at radius 3 is 2.75 bits per heavy atom. The van der Waals surface area contributed by atoms with Crippen molar-refractivity contribution in [2.75, 3.05) is 5.75 Å². The van der Waals surface area contributed by atoms with Gasteiger partial charge in [0.05, 0.1) is 0 Å². The summed E-state index contributed by atoms with van der Waals surface area (Å²) in [4.78, 5) is 4.19. The second kappa shape index (κ2) is 6.70. The van der Waals surface area contributed by atoms with E-state index < -0.39 is 0 Å². The molecule has 0 aliphatic carbocycles. The smallest absolute Gasteiger partial charge is 0.134 e. The molecule has 0 aromatic carbocycles. The molecule has 1 aromatic rings. The summed E-state index contributed by atoms with van der Waals surface area (Å²) in [5, 5.41) is 1.19. The molecule has 1 rings (SSSR count). The molecule has 1 aromatic heterocycles. The maximum Gasteiger partial charge on any atom is 0.134 e. The number of nitrogens with zero attached hydrogens (tertiary/aromatic N) is 1. The highest BCUT2D eigenvalue weighted by atomic mass is 35.5. The van der Waals surface area contributed by atoms with Crippen LogP contribution < -0.4 is 5.73 Å². The Labute approximate surface area is 111 Å². The Balaban J connectivity index is 2.60. The third-order valence-electron chi connectivity index (χ3n) is 2.25. The molecule has 1 heterocycles. The van der Waals surface area contributed by atoms with Gasteiger partial charge in [-0.2, -0.15) is 11.8 Å². The van der Waals surface area contributed by atoms with Crippen LogP contribution in [0.3, 0.4) is 0 Å². The maximum absolute atomic E-state index is 6.11. The molecule has 1 atom stereocenters. The van der Waals surface area contributed by atoms with Crippen molar-refractivity contribution in [3.8, 4) is 0 Å². The van der Waals surface area contributed by atoms with E-state index in [0.29, 0.717) is 10.2 Å². The van der Waals surface area contributed by atoms with Crippen molar-refractivity contribution < 1.29 is 0 Å². The van der Waals surface area contributed by atoms with Gasteiger partial charge in [0.25, 0.3) is 0 Å². The van der Waals surface area contributed by atoms with Gasteiger partial charge in [-0.1, -0.05) is 30.1 Å². The highest BCUT2D eigenvalue weighted by Crippen LogP contribution is 2.27. The number of pyridine rings is 1. The maximum atomic E-state index is 6.11. The van der Waals surface area contributed by atoms with Gasteiger partial charge in [0, 0.05) is 33.8 Å². The van der Waals surface area contributed by atoms with Crippen LogP contribution in [0.2, 0.25) is 10.2 Å². The molecular weight excluding hydrogens is 263 g/mol. The fourth-order valence-electron chi connectivity index (χ4n) is 1.18. The number of rotatable bonds is 5. The highest BCUT2D eigenvalue weighted by Gasteiger charge is 2.09. The van der Waals surface area contributed by atoms with Crippen LogP contribution in [0.25, 0.3) is 0 Å². The molecule has 0 amide bonds. The molecule has 2 nitrogen and oxygen atoms in total. The molecule has 0 saturated heterocycles. The van der Waals surface area contributed by atoms with E-state index in [-0.39, 0.29) is 6.04 Å². The number of nitrogens with two attached hydrogens (primary N) is 1. The molecule has 2 N–H and O–H groups in total. The van der Waals surface area contributed by atoms with Crippen molar-refractivity contribution in [2.45, 2.75) is 32.1 Å². The minimum Gasteiger partial charge on any atom is -0.327 e. The SMILES string of the molecule is CCC(N)CSCc1c(Cl)cc(C)nc1Cl. The summed E-state index contributed by atoms with van der Waals surface area (Å²) in [6, 6.07) is 2.07. The van der Waals surface area contributed by atoms with Gasteiger partial charge < -0.3 is 5.73 Å². The van der Waals surface area contributed by atoms with E-state index in [9.17, 15) is 0 Å². The lowest BCUT2D eigenvalue weighted by Crippen LogP contribution is -2.21. The molecule has 0 saturated carbocycles. The van der Waals surface area contributed by atoms with Crippen molar-refractivity contribution in [1.82, 2.24) is 4.98 Å². The van der Waals surface area contributed by atoms with Gasteiger partial charge in [0.2, 0.25) is 0 Å². The van der Waals surface area contributed by atoms with Crippen LogP contribution in [0.1, 0.15) is 24.6 Å². The summed E-state index contributed by atoms with van der Waals surface area (Å²) < 4.78 is 0. The van der Waals surface area contributed by atoms with Gasteiger partial charge in [-0.15, -0.1) is 0 Å². The van der Waals surface area contributed by atoms with Crippen LogP contribution in [-0.4, -0.2) is 16.8 Å². The van der Waals surface area contributed by atoms with Gasteiger partial charge in [0.1, 0.15) is 5.15 Å². The van der Waals surface area contributed by atoms with Gasteiger partial charge in [-0.25, -0.2) is 4.98 Å². The fraction of sp³-hybridized carbons (Fsp3) is 0.545. The molecule has 0 radical (unpaired) electrons. The molecule has 1 unspecified atom stereocenters. The van der Waals surface area contributed by atoms with Crippen LogP contribution in [0.5, 0.6) is 0 Å². The summed E-state index contributed by atoms with van der Waals surface area (Å²) in [5.41, 5.74) is 7.58. The molecule has 90 valence electrons. The highest BCUT2D eigenvalue weighted by molar-refractivity contribution is 7.98. The predicted octanol–water partition coefficient (Wildman–Crippen LogP) is 3.67. The van der Waals surface area contributed by atoms with E-state index in [2.05, 4.69) is 11.9 Å². The Morgan fingerprint density at radius 2 is 2.19 bits per heavy atom. The van der Waals surface area contributed by atoms with Gasteiger partial charge in [0.15, 0.2) is 0 Å². The van der Waals surface area contributed by atoms with Crippen LogP contribution in [-0.2, 0) is 5.75 Å². The zero-order valence-corrected chi connectivity index (χ0v) is 11.8. The lowest BCUT2D eigenvalue weighted by molar-refractivity contribution is 0.725. The Bertz CT molecular complexity index is 335. The number of halogens is 2. The molecule has 0 aliphatic rings. The number of aromatic nitrogens is 1. The molecule has 16 heavy (non-hydrogen) atoms. The second-order valence-electron chi connectivity index (χ2n) is 3.70. The first-order valence-electron chi connectivity index (χ1n) is 5.19. The number of hydrogen-bond donors (Lipinski definition) is 1. The predicted molar refractivity (Wildman–Crippen MR) is 73.4 cm³/mol. The average molecular weight is 279 g/mol. The van der Waals surface area contributed by atoms with Gasteiger partial charge in [-0.05, 0) is 19.4 Å². The molecule has 0 fully saturated rings. The summed E-state index contributed by atoms with van der Waals surface area (Å²) in [7, 11) is 0. The topological polar surface area (TPSA) is 38.9 Å². The Kier molecular flexibility index (Phi) is 5.90. The third kappa shape index (κ3) is 4.13. The third-order valence-corrected chi connectivity index (χ3v) is 4.06. The largest absolute Gasteiger partial charge is 0.327 e. The zero-order valence-electron chi connectivity index (χ0n) is 9.46. The number of aryl methyl sites for hydroxylation is 1. The van der Waals surface area contributed by atoms with Crippen molar-refractivity contribution in [2.24, 2.45) is 5.73 Å². The van der Waals surface area contributed by atoms with Crippen LogP contribution in [0.4, 0.5) is 0 Å². The van der Waals surface area contributed by atoms with E-state index in [0.717, 1.165) is 29.2 Å². The lowest BCUT2D eigenvalue weighted by atomic mass is 10.3. The zero-order chi connectivity index (χ0) is 12.1. The quantitative estimate of drug-likeness (QED) is 0.836. The first kappa shape index (κ1) is 14.1. The van der Waals surface area contributed by atoms with Crippen LogP contribution >= 0.6 is 35.0 Å². The van der Waals surface area contributed by atoms with Gasteiger partial charge in [-0.3, -0.25) is 0 Å². The second-order valence-corrected chi connectivity index (χ2v) is 5.49. The fourth-order valence-corrected chi connectivity index (χ4v) is 3.16. The van der Waals surface area contributed by atoms with Crippen LogP contribution in [0.15, 0.2) is 6.07 Å². The molecule has 5 heteroatoms. The van der Waals surface area contributed by atoms with E-state index in [1.165, 1.54) is 0 Å². The summed E-state index contributed by atoms with van der Waals surface area (Å²) in [6.07, 6.45) is 0.987. The van der Waals surface area contributed by atoms with Crippen molar-refractivity contribution in [3.05, 3.63) is 27.5 Å². The summed E-state index contributed by atoms with van der Waals surface area (Å²) >= 11 is 13.9. The average Bonchev–Trinajstić information content (AvgIpc) is 2.21. The molecular formula is C11H16Cl2N2S. The number of hydrogen-bond acceptors (Lipinski definition) is 3. The van der Waals surface area contributed by atoms with Gasteiger partial charge >= 0.3 is 0 Å². The first-order valence-corrected chi connectivity index (χ1v) is 7.10. The lowest BCUT2D eigenvalue weighted by Gasteiger charge is -2.10. The minimum absolute atomic E-state index is 0.237. The van der Waals surface area contributed by atoms with Crippen molar-refractivity contribution in [3.63, 3.8) is 0 Å². The molecule has 0 bridgehead atoms. The van der Waals surface area contributed by atoms with Crippen molar-refractivity contribution >= 4 is 35.0 Å². The van der Waals surface area contributed by atoms with E-state index in [1.807, 2.05) is 13.0 Å². The summed E-state index contributed by atoms with van der Waals surface area (Å²) in [6.45, 7) is 3.96. The van der Waals surface area contributed by atoms with E-state index in [1.54, 1.807) is 11.8 Å². The Hall–Kier alpha value is 0.0400. The van der Waals surface area contributed by atoms with Crippen LogP contribution in [0, 0.1) is 6.92 Å². The normalized spacial score (nSPS) is 12.8.